The summed E-state index contributed by atoms with van der Waals surface area (Å²) in [6.45, 7) is 5.68. The van der Waals surface area contributed by atoms with Crippen LogP contribution in [0.1, 0.15) is 25.8 Å². The van der Waals surface area contributed by atoms with Gasteiger partial charge in [0.05, 0.1) is 18.1 Å². The van der Waals surface area contributed by atoms with E-state index in [-0.39, 0.29) is 5.91 Å². The molecular formula is C18H23NO3S3. The summed E-state index contributed by atoms with van der Waals surface area (Å²) in [5.74, 6) is 2.41. The second kappa shape index (κ2) is 10.1. The fourth-order valence-corrected chi connectivity index (χ4v) is 4.09. The lowest BCUT2D eigenvalue weighted by Crippen LogP contribution is -2.29. The number of thiocarbonyl (C=S) groups is 1. The Morgan fingerprint density at radius 2 is 1.96 bits per heavy atom. The zero-order valence-electron chi connectivity index (χ0n) is 14.7. The first-order chi connectivity index (χ1) is 12.1. The molecule has 0 bridgehead atoms. The third-order valence-corrected chi connectivity index (χ3v) is 5.54. The third-order valence-electron chi connectivity index (χ3n) is 3.47. The Morgan fingerprint density at radius 1 is 1.24 bits per heavy atom. The van der Waals surface area contributed by atoms with E-state index < -0.39 is 0 Å². The highest BCUT2D eigenvalue weighted by Crippen LogP contribution is 2.35. The van der Waals surface area contributed by atoms with Crippen molar-refractivity contribution in [3.63, 3.8) is 0 Å². The molecule has 1 amide bonds. The van der Waals surface area contributed by atoms with Gasteiger partial charge < -0.3 is 9.47 Å². The molecule has 2 rings (SSSR count). The maximum absolute atomic E-state index is 12.6. The highest BCUT2D eigenvalue weighted by molar-refractivity contribution is 8.26. The van der Waals surface area contributed by atoms with Crippen LogP contribution in [-0.2, 0) is 4.79 Å². The van der Waals surface area contributed by atoms with E-state index in [0.717, 1.165) is 17.7 Å². The van der Waals surface area contributed by atoms with E-state index in [0.29, 0.717) is 40.5 Å². The number of amides is 1. The van der Waals surface area contributed by atoms with Gasteiger partial charge in [0.25, 0.3) is 5.91 Å². The molecule has 1 saturated heterocycles. The fourth-order valence-electron chi connectivity index (χ4n) is 2.37. The lowest BCUT2D eigenvalue weighted by molar-refractivity contribution is -0.122. The molecule has 0 N–H and O–H groups in total. The average Bonchev–Trinajstić information content (AvgIpc) is 2.85. The number of carbonyl (C=O) groups excluding carboxylic acids is 1. The van der Waals surface area contributed by atoms with Crippen LogP contribution in [0.2, 0.25) is 0 Å². The first-order valence-electron chi connectivity index (χ1n) is 8.24. The second-order valence-corrected chi connectivity index (χ2v) is 7.91. The molecule has 7 heteroatoms. The molecule has 1 aliphatic rings. The number of nitrogens with zero attached hydrogens (tertiary/aromatic N) is 1. The van der Waals surface area contributed by atoms with E-state index in [4.69, 9.17) is 21.7 Å². The summed E-state index contributed by atoms with van der Waals surface area (Å²) in [6, 6.07) is 5.70. The highest BCUT2D eigenvalue weighted by atomic mass is 32.2. The highest BCUT2D eigenvalue weighted by Gasteiger charge is 2.31. The van der Waals surface area contributed by atoms with Crippen molar-refractivity contribution < 1.29 is 14.3 Å². The molecule has 25 heavy (non-hydrogen) atoms. The van der Waals surface area contributed by atoms with Crippen molar-refractivity contribution in [3.05, 3.63) is 28.7 Å². The first kappa shape index (κ1) is 20.1. The third kappa shape index (κ3) is 5.39. The summed E-state index contributed by atoms with van der Waals surface area (Å²) >= 11 is 8.49. The number of rotatable bonds is 9. The SMILES string of the molecule is CCOc1ccc(/C=C2/SC(=S)N(CCCSC)C2=O)cc1OCC. The van der Waals surface area contributed by atoms with Crippen molar-refractivity contribution in [2.45, 2.75) is 20.3 Å². The number of benzene rings is 1. The van der Waals surface area contributed by atoms with Crippen LogP contribution in [0.5, 0.6) is 11.5 Å². The molecule has 136 valence electrons. The number of hydrogen-bond donors (Lipinski definition) is 0. The molecule has 0 aromatic heterocycles. The summed E-state index contributed by atoms with van der Waals surface area (Å²) in [7, 11) is 0. The quantitative estimate of drug-likeness (QED) is 0.348. The number of hydrogen-bond acceptors (Lipinski definition) is 6. The Labute approximate surface area is 163 Å². The topological polar surface area (TPSA) is 38.8 Å². The predicted molar refractivity (Wildman–Crippen MR) is 112 cm³/mol. The molecule has 1 aromatic rings. The van der Waals surface area contributed by atoms with Gasteiger partial charge >= 0.3 is 0 Å². The number of ether oxygens (including phenoxy) is 2. The molecule has 0 atom stereocenters. The van der Waals surface area contributed by atoms with E-state index in [1.165, 1.54) is 11.8 Å². The second-order valence-electron chi connectivity index (χ2n) is 5.25. The summed E-state index contributed by atoms with van der Waals surface area (Å²) in [6.07, 6.45) is 4.87. The zero-order chi connectivity index (χ0) is 18.2. The van der Waals surface area contributed by atoms with E-state index in [1.807, 2.05) is 38.1 Å². The van der Waals surface area contributed by atoms with Crippen molar-refractivity contribution in [1.29, 1.82) is 0 Å². The zero-order valence-corrected chi connectivity index (χ0v) is 17.2. The molecule has 0 spiro atoms. The number of thioether (sulfide) groups is 2. The summed E-state index contributed by atoms with van der Waals surface area (Å²) in [4.78, 5) is 14.9. The van der Waals surface area contributed by atoms with Crippen molar-refractivity contribution in [1.82, 2.24) is 4.90 Å². The summed E-state index contributed by atoms with van der Waals surface area (Å²) in [5.41, 5.74) is 0.900. The molecule has 1 fully saturated rings. The van der Waals surface area contributed by atoms with Crippen molar-refractivity contribution in [2.75, 3.05) is 31.8 Å². The van der Waals surface area contributed by atoms with Gasteiger partial charge in [0.15, 0.2) is 11.5 Å². The maximum atomic E-state index is 12.6. The standard InChI is InChI=1S/C18H23NO3S3/c1-4-21-14-8-7-13(11-15(14)22-5-2)12-16-17(20)19(18(23)25-16)9-6-10-24-3/h7-8,11-12H,4-6,9-10H2,1-3H3/b16-12+. The Kier molecular flexibility index (Phi) is 8.12. The molecule has 1 heterocycles. The molecule has 1 aliphatic heterocycles. The maximum Gasteiger partial charge on any atom is 0.266 e. The van der Waals surface area contributed by atoms with Crippen LogP contribution in [0.3, 0.4) is 0 Å². The first-order valence-corrected chi connectivity index (χ1v) is 10.9. The largest absolute Gasteiger partial charge is 0.490 e. The molecule has 0 aliphatic carbocycles. The Hall–Kier alpha value is -1.18. The van der Waals surface area contributed by atoms with Gasteiger partial charge in [-0.2, -0.15) is 11.8 Å². The molecule has 1 aromatic carbocycles. The molecule has 0 unspecified atom stereocenters. The van der Waals surface area contributed by atoms with E-state index in [1.54, 1.807) is 16.7 Å². The number of carbonyl (C=O) groups is 1. The molecule has 0 saturated carbocycles. The minimum Gasteiger partial charge on any atom is -0.490 e. The molecular weight excluding hydrogens is 374 g/mol. The van der Waals surface area contributed by atoms with Gasteiger partial charge in [-0.05, 0) is 56.0 Å². The average molecular weight is 398 g/mol. The van der Waals surface area contributed by atoms with Crippen LogP contribution < -0.4 is 9.47 Å². The molecule has 0 radical (unpaired) electrons. The Bertz CT molecular complexity index is 661. The van der Waals surface area contributed by atoms with Crippen LogP contribution in [0, 0.1) is 0 Å². The van der Waals surface area contributed by atoms with Gasteiger partial charge in [-0.15, -0.1) is 0 Å². The van der Waals surface area contributed by atoms with Crippen molar-refractivity contribution in [2.24, 2.45) is 0 Å². The van der Waals surface area contributed by atoms with E-state index in [9.17, 15) is 4.79 Å². The lowest BCUT2D eigenvalue weighted by atomic mass is 10.2. The van der Waals surface area contributed by atoms with Crippen LogP contribution in [0.15, 0.2) is 23.1 Å². The van der Waals surface area contributed by atoms with Crippen molar-refractivity contribution >= 4 is 52.0 Å². The minimum atomic E-state index is -0.0112. The van der Waals surface area contributed by atoms with Gasteiger partial charge in [0, 0.05) is 6.54 Å². The van der Waals surface area contributed by atoms with Crippen molar-refractivity contribution in [3.8, 4) is 11.5 Å². The van der Waals surface area contributed by atoms with Crippen LogP contribution in [-0.4, -0.2) is 46.9 Å². The Balaban J connectivity index is 2.18. The van der Waals surface area contributed by atoms with Crippen LogP contribution >= 0.6 is 35.7 Å². The lowest BCUT2D eigenvalue weighted by Gasteiger charge is -2.13. The molecule has 4 nitrogen and oxygen atoms in total. The van der Waals surface area contributed by atoms with Gasteiger partial charge in [0.1, 0.15) is 4.32 Å². The Morgan fingerprint density at radius 3 is 2.64 bits per heavy atom. The van der Waals surface area contributed by atoms with Crippen LogP contribution in [0.4, 0.5) is 0 Å². The van der Waals surface area contributed by atoms with Crippen LogP contribution in [0.25, 0.3) is 6.08 Å². The summed E-state index contributed by atoms with van der Waals surface area (Å²) < 4.78 is 11.9. The normalized spacial score (nSPS) is 16.0. The van der Waals surface area contributed by atoms with Gasteiger partial charge in [-0.25, -0.2) is 0 Å². The minimum absolute atomic E-state index is 0.0112. The smallest absolute Gasteiger partial charge is 0.266 e. The van der Waals surface area contributed by atoms with Gasteiger partial charge in [-0.1, -0.05) is 30.0 Å². The van der Waals surface area contributed by atoms with Gasteiger partial charge in [-0.3, -0.25) is 9.69 Å². The van der Waals surface area contributed by atoms with Gasteiger partial charge in [0.2, 0.25) is 0 Å². The predicted octanol–water partition coefficient (Wildman–Crippen LogP) is 4.44. The fraction of sp³-hybridized carbons (Fsp3) is 0.444. The monoisotopic (exact) mass is 397 g/mol. The van der Waals surface area contributed by atoms with E-state index >= 15 is 0 Å². The van der Waals surface area contributed by atoms with E-state index in [2.05, 4.69) is 6.26 Å². The summed E-state index contributed by atoms with van der Waals surface area (Å²) in [5, 5.41) is 0.